The monoisotopic (exact) mass is 378 g/mol. The van der Waals surface area contributed by atoms with Gasteiger partial charge in [0.25, 0.3) is 5.91 Å². The first-order valence-electron chi connectivity index (χ1n) is 8.98. The Morgan fingerprint density at radius 3 is 2.85 bits per heavy atom. The zero-order valence-corrected chi connectivity index (χ0v) is 15.5. The highest BCUT2D eigenvalue weighted by Crippen LogP contribution is 2.28. The van der Waals surface area contributed by atoms with Gasteiger partial charge in [0.2, 0.25) is 0 Å². The number of likely N-dealkylation sites (tertiary alicyclic amines) is 1. The molecule has 0 radical (unpaired) electrons. The van der Waals surface area contributed by atoms with Gasteiger partial charge in [-0.15, -0.1) is 0 Å². The molecule has 5 nitrogen and oxygen atoms in total. The number of carbonyl (C=O) groups is 1. The first kappa shape index (κ1) is 17.6. The number of piperidine rings is 1. The maximum atomic E-state index is 12.7. The number of halogens is 1. The largest absolute Gasteiger partial charge is 0.338 e. The summed E-state index contributed by atoms with van der Waals surface area (Å²) in [6.45, 7) is 1.40. The van der Waals surface area contributed by atoms with Crippen molar-refractivity contribution >= 4 is 17.5 Å². The fourth-order valence-electron chi connectivity index (χ4n) is 3.44. The molecule has 1 amide bonds. The van der Waals surface area contributed by atoms with Crippen LogP contribution in [0.5, 0.6) is 0 Å². The van der Waals surface area contributed by atoms with E-state index in [-0.39, 0.29) is 11.8 Å². The van der Waals surface area contributed by atoms with E-state index in [4.69, 9.17) is 16.6 Å². The van der Waals surface area contributed by atoms with Crippen LogP contribution < -0.4 is 0 Å². The lowest BCUT2D eigenvalue weighted by Gasteiger charge is -2.32. The van der Waals surface area contributed by atoms with Gasteiger partial charge in [-0.2, -0.15) is 0 Å². The first-order chi connectivity index (χ1) is 13.2. The summed E-state index contributed by atoms with van der Waals surface area (Å²) in [7, 11) is 0. The summed E-state index contributed by atoms with van der Waals surface area (Å²) >= 11 is 6.10. The van der Waals surface area contributed by atoms with Gasteiger partial charge in [-0.3, -0.25) is 14.8 Å². The van der Waals surface area contributed by atoms with Crippen molar-refractivity contribution in [2.75, 3.05) is 13.1 Å². The van der Waals surface area contributed by atoms with Crippen LogP contribution in [0.2, 0.25) is 5.02 Å². The predicted octanol–water partition coefficient (Wildman–Crippen LogP) is 4.21. The number of hydrogen-bond donors (Lipinski definition) is 0. The van der Waals surface area contributed by atoms with E-state index in [1.54, 1.807) is 36.9 Å². The maximum Gasteiger partial charge on any atom is 0.255 e. The lowest BCUT2D eigenvalue weighted by atomic mass is 9.94. The van der Waals surface area contributed by atoms with Crippen LogP contribution in [0.25, 0.3) is 11.3 Å². The summed E-state index contributed by atoms with van der Waals surface area (Å²) in [5.41, 5.74) is 3.27. The summed E-state index contributed by atoms with van der Waals surface area (Å²) in [5.74, 6) is 0.192. The molecule has 0 saturated carbocycles. The molecule has 1 atom stereocenters. The van der Waals surface area contributed by atoms with Gasteiger partial charge < -0.3 is 4.90 Å². The van der Waals surface area contributed by atoms with E-state index >= 15 is 0 Å². The fourth-order valence-corrected chi connectivity index (χ4v) is 3.63. The van der Waals surface area contributed by atoms with Gasteiger partial charge in [0.1, 0.15) is 0 Å². The number of nitrogens with zero attached hydrogens (tertiary/aromatic N) is 4. The van der Waals surface area contributed by atoms with E-state index in [0.29, 0.717) is 17.1 Å². The van der Waals surface area contributed by atoms with Gasteiger partial charge in [-0.1, -0.05) is 23.7 Å². The van der Waals surface area contributed by atoms with E-state index in [0.717, 1.165) is 36.3 Å². The van der Waals surface area contributed by atoms with Crippen molar-refractivity contribution in [1.82, 2.24) is 19.9 Å². The molecule has 3 aromatic rings. The summed E-state index contributed by atoms with van der Waals surface area (Å²) in [6.07, 6.45) is 8.77. The minimum absolute atomic E-state index is 0.0201. The Morgan fingerprint density at radius 1 is 1.11 bits per heavy atom. The molecule has 2 aromatic heterocycles. The van der Waals surface area contributed by atoms with E-state index in [1.165, 1.54) is 0 Å². The smallest absolute Gasteiger partial charge is 0.255 e. The van der Waals surface area contributed by atoms with Gasteiger partial charge in [0.15, 0.2) is 0 Å². The van der Waals surface area contributed by atoms with Crippen molar-refractivity contribution in [3.8, 4) is 11.3 Å². The van der Waals surface area contributed by atoms with Crippen LogP contribution in [-0.4, -0.2) is 38.8 Å². The van der Waals surface area contributed by atoms with Crippen molar-refractivity contribution in [3.05, 3.63) is 77.5 Å². The van der Waals surface area contributed by atoms with Gasteiger partial charge in [-0.25, -0.2) is 4.98 Å². The average Bonchev–Trinajstić information content (AvgIpc) is 2.74. The molecule has 0 N–H and O–H groups in total. The molecule has 0 aliphatic carbocycles. The van der Waals surface area contributed by atoms with Crippen molar-refractivity contribution in [2.45, 2.75) is 18.8 Å². The summed E-state index contributed by atoms with van der Waals surface area (Å²) in [5, 5.41) is 0.672. The second-order valence-electron chi connectivity index (χ2n) is 6.67. The molecule has 1 aromatic carbocycles. The minimum Gasteiger partial charge on any atom is -0.338 e. The van der Waals surface area contributed by atoms with E-state index in [9.17, 15) is 4.79 Å². The van der Waals surface area contributed by atoms with Crippen molar-refractivity contribution in [2.24, 2.45) is 0 Å². The van der Waals surface area contributed by atoms with Crippen molar-refractivity contribution < 1.29 is 4.79 Å². The molecule has 0 bridgehead atoms. The van der Waals surface area contributed by atoms with E-state index in [2.05, 4.69) is 9.97 Å². The third-order valence-electron chi connectivity index (χ3n) is 4.81. The molecular formula is C21H19ClN4O. The summed E-state index contributed by atoms with van der Waals surface area (Å²) in [6, 6.07) is 11.2. The summed E-state index contributed by atoms with van der Waals surface area (Å²) < 4.78 is 0. The highest BCUT2D eigenvalue weighted by molar-refractivity contribution is 6.30. The Hall–Kier alpha value is -2.79. The van der Waals surface area contributed by atoms with Crippen molar-refractivity contribution in [1.29, 1.82) is 0 Å². The second kappa shape index (κ2) is 7.84. The molecule has 4 rings (SSSR count). The molecule has 0 spiro atoms. The second-order valence-corrected chi connectivity index (χ2v) is 7.11. The Balaban J connectivity index is 1.55. The lowest BCUT2D eigenvalue weighted by Crippen LogP contribution is -2.39. The number of carbonyl (C=O) groups excluding carboxylic acids is 1. The van der Waals surface area contributed by atoms with E-state index in [1.807, 2.05) is 29.2 Å². The third-order valence-corrected chi connectivity index (χ3v) is 5.04. The number of benzene rings is 1. The molecule has 136 valence electrons. The van der Waals surface area contributed by atoms with Crippen LogP contribution in [0.15, 0.2) is 61.2 Å². The standard InChI is InChI=1S/C21H19ClN4O/c22-18-7-1-4-15(10-18)19-12-24-13-20(25-19)17-6-3-9-26(14-17)21(27)16-5-2-8-23-11-16/h1-2,4-5,7-8,10-13,17H,3,6,9,14H2. The van der Waals surface area contributed by atoms with Gasteiger partial charge in [-0.05, 0) is 37.1 Å². The van der Waals surface area contributed by atoms with Crippen molar-refractivity contribution in [3.63, 3.8) is 0 Å². The number of aromatic nitrogens is 3. The van der Waals surface area contributed by atoms with Crippen LogP contribution in [0, 0.1) is 0 Å². The average molecular weight is 379 g/mol. The zero-order chi connectivity index (χ0) is 18.6. The van der Waals surface area contributed by atoms with Crippen LogP contribution in [0.3, 0.4) is 0 Å². The maximum absolute atomic E-state index is 12.7. The number of rotatable bonds is 3. The molecule has 1 aliphatic rings. The van der Waals surface area contributed by atoms with Gasteiger partial charge in [0, 0.05) is 48.2 Å². The Kier molecular flexibility index (Phi) is 5.12. The van der Waals surface area contributed by atoms with Gasteiger partial charge >= 0.3 is 0 Å². The highest BCUT2D eigenvalue weighted by Gasteiger charge is 2.26. The zero-order valence-electron chi connectivity index (χ0n) is 14.8. The molecule has 1 unspecified atom stereocenters. The first-order valence-corrected chi connectivity index (χ1v) is 9.36. The molecule has 1 saturated heterocycles. The summed E-state index contributed by atoms with van der Waals surface area (Å²) in [4.78, 5) is 27.9. The Morgan fingerprint density at radius 2 is 2.04 bits per heavy atom. The SMILES string of the molecule is O=C(c1cccnc1)N1CCCC(c2cncc(-c3cccc(Cl)c3)n2)C1. The molecule has 1 fully saturated rings. The predicted molar refractivity (Wildman–Crippen MR) is 105 cm³/mol. The Bertz CT molecular complexity index is 948. The normalized spacial score (nSPS) is 16.9. The minimum atomic E-state index is 0.0201. The molecule has 6 heteroatoms. The van der Waals surface area contributed by atoms with Crippen LogP contribution >= 0.6 is 11.6 Å². The molecule has 1 aliphatic heterocycles. The lowest BCUT2D eigenvalue weighted by molar-refractivity contribution is 0.0705. The van der Waals surface area contributed by atoms with Crippen LogP contribution in [0.1, 0.15) is 34.8 Å². The van der Waals surface area contributed by atoms with E-state index < -0.39 is 0 Å². The molecular weight excluding hydrogens is 360 g/mol. The highest BCUT2D eigenvalue weighted by atomic mass is 35.5. The van der Waals surface area contributed by atoms with Crippen LogP contribution in [-0.2, 0) is 0 Å². The number of hydrogen-bond acceptors (Lipinski definition) is 4. The fraction of sp³-hybridized carbons (Fsp3) is 0.238. The molecule has 27 heavy (non-hydrogen) atoms. The number of amides is 1. The molecule has 3 heterocycles. The van der Waals surface area contributed by atoms with Gasteiger partial charge in [0.05, 0.1) is 23.1 Å². The number of pyridine rings is 1. The quantitative estimate of drug-likeness (QED) is 0.685. The third kappa shape index (κ3) is 3.98. The van der Waals surface area contributed by atoms with Crippen LogP contribution in [0.4, 0.5) is 0 Å². The Labute approximate surface area is 163 Å². The topological polar surface area (TPSA) is 59.0 Å².